The summed E-state index contributed by atoms with van der Waals surface area (Å²) in [5.74, 6) is 1.65. The molecule has 1 atom stereocenters. The van der Waals surface area contributed by atoms with E-state index in [9.17, 15) is 4.79 Å². The summed E-state index contributed by atoms with van der Waals surface area (Å²) >= 11 is 0. The second kappa shape index (κ2) is 6.13. The van der Waals surface area contributed by atoms with Crippen molar-refractivity contribution in [3.8, 4) is 5.75 Å². The van der Waals surface area contributed by atoms with Gasteiger partial charge in [0.2, 0.25) is 6.35 Å². The van der Waals surface area contributed by atoms with Gasteiger partial charge in [0.05, 0.1) is 0 Å². The van der Waals surface area contributed by atoms with Gasteiger partial charge in [-0.2, -0.15) is 0 Å². The van der Waals surface area contributed by atoms with Crippen LogP contribution in [0.1, 0.15) is 15.9 Å². The van der Waals surface area contributed by atoms with Gasteiger partial charge in [0.1, 0.15) is 0 Å². The summed E-state index contributed by atoms with van der Waals surface area (Å²) in [5.41, 5.74) is 1.91. The lowest BCUT2D eigenvalue weighted by atomic mass is 10.1. The van der Waals surface area contributed by atoms with Gasteiger partial charge in [-0.3, -0.25) is 4.79 Å². The Hall–Kier alpha value is -2.60. The molecule has 0 radical (unpaired) electrons. The Labute approximate surface area is 141 Å². The second-order valence-corrected chi connectivity index (χ2v) is 6.16. The number of rotatable bonds is 2. The highest BCUT2D eigenvalue weighted by Gasteiger charge is 2.32. The quantitative estimate of drug-likeness (QED) is 0.915. The number of nitrogens with zero attached hydrogens (tertiary/aromatic N) is 3. The number of fused-ring (bicyclic) bond motifs is 1. The minimum Gasteiger partial charge on any atom is -0.453 e. The molecule has 4 rings (SSSR count). The predicted octanol–water partition coefficient (Wildman–Crippen LogP) is 1.94. The first kappa shape index (κ1) is 15.0. The fourth-order valence-corrected chi connectivity index (χ4v) is 3.06. The number of aromatic nitrogens is 1. The smallest absolute Gasteiger partial charge is 0.253 e. The Morgan fingerprint density at radius 1 is 1.17 bits per heavy atom. The molecule has 0 bridgehead atoms. The number of aryl methyl sites for hydroxylation is 1. The minimum absolute atomic E-state index is 0.0971. The number of ether oxygens (including phenoxy) is 1. The molecule has 0 saturated carbocycles. The van der Waals surface area contributed by atoms with Crippen molar-refractivity contribution < 1.29 is 9.53 Å². The lowest BCUT2D eigenvalue weighted by molar-refractivity contribution is 0.0177. The zero-order valence-electron chi connectivity index (χ0n) is 13.6. The zero-order valence-corrected chi connectivity index (χ0v) is 13.6. The minimum atomic E-state index is -0.202. The second-order valence-electron chi connectivity index (χ2n) is 6.16. The lowest BCUT2D eigenvalue weighted by Crippen LogP contribution is -2.54. The van der Waals surface area contributed by atoms with Crippen molar-refractivity contribution >= 4 is 11.7 Å². The molecule has 3 heterocycles. The average Bonchev–Trinajstić information content (AvgIpc) is 3.06. The van der Waals surface area contributed by atoms with Gasteiger partial charge in [-0.05, 0) is 31.2 Å². The number of hydrogen-bond acceptors (Lipinski definition) is 5. The van der Waals surface area contributed by atoms with Gasteiger partial charge in [-0.1, -0.05) is 17.7 Å². The number of anilines is 1. The first-order chi connectivity index (χ1) is 11.7. The Morgan fingerprint density at radius 3 is 2.62 bits per heavy atom. The van der Waals surface area contributed by atoms with Crippen LogP contribution in [0.25, 0.3) is 0 Å². The van der Waals surface area contributed by atoms with Crippen molar-refractivity contribution in [2.75, 3.05) is 31.5 Å². The summed E-state index contributed by atoms with van der Waals surface area (Å²) in [4.78, 5) is 20.9. The van der Waals surface area contributed by atoms with Crippen LogP contribution >= 0.6 is 0 Å². The maximum atomic E-state index is 12.6. The molecule has 6 heteroatoms. The van der Waals surface area contributed by atoms with E-state index in [0.717, 1.165) is 35.8 Å². The molecule has 1 unspecified atom stereocenters. The molecule has 1 N–H and O–H groups in total. The van der Waals surface area contributed by atoms with E-state index >= 15 is 0 Å². The Kier molecular flexibility index (Phi) is 3.82. The van der Waals surface area contributed by atoms with E-state index in [4.69, 9.17) is 4.74 Å². The third-order valence-electron chi connectivity index (χ3n) is 4.50. The van der Waals surface area contributed by atoms with Gasteiger partial charge in [-0.15, -0.1) is 0 Å². The van der Waals surface area contributed by atoms with Crippen molar-refractivity contribution in [2.24, 2.45) is 0 Å². The first-order valence-electron chi connectivity index (χ1n) is 8.19. The zero-order chi connectivity index (χ0) is 16.5. The number of hydrogen-bond donors (Lipinski definition) is 1. The van der Waals surface area contributed by atoms with Crippen molar-refractivity contribution in [1.82, 2.24) is 14.8 Å². The van der Waals surface area contributed by atoms with E-state index in [1.54, 1.807) is 6.20 Å². The number of piperazine rings is 1. The molecule has 0 spiro atoms. The fraction of sp³-hybridized carbons (Fsp3) is 0.333. The van der Waals surface area contributed by atoms with Crippen molar-refractivity contribution in [1.29, 1.82) is 0 Å². The van der Waals surface area contributed by atoms with Crippen LogP contribution < -0.4 is 10.1 Å². The normalized spacial score (nSPS) is 20.2. The Balaban J connectivity index is 1.36. The van der Waals surface area contributed by atoms with Crippen molar-refractivity contribution in [3.63, 3.8) is 0 Å². The van der Waals surface area contributed by atoms with Crippen LogP contribution in [0.4, 0.5) is 5.82 Å². The van der Waals surface area contributed by atoms with E-state index in [-0.39, 0.29) is 12.3 Å². The highest BCUT2D eigenvalue weighted by Crippen LogP contribution is 2.30. The van der Waals surface area contributed by atoms with E-state index in [0.29, 0.717) is 13.1 Å². The highest BCUT2D eigenvalue weighted by atomic mass is 16.5. The van der Waals surface area contributed by atoms with Crippen LogP contribution in [-0.4, -0.2) is 53.2 Å². The molecular weight excluding hydrogens is 304 g/mol. The molecule has 1 fully saturated rings. The van der Waals surface area contributed by atoms with Gasteiger partial charge in [0, 0.05) is 37.9 Å². The van der Waals surface area contributed by atoms with E-state index in [2.05, 4.69) is 15.2 Å². The molecule has 2 aliphatic heterocycles. The van der Waals surface area contributed by atoms with Crippen LogP contribution in [0.2, 0.25) is 0 Å². The topological polar surface area (TPSA) is 57.7 Å². The molecule has 0 aliphatic carbocycles. The monoisotopic (exact) mass is 324 g/mol. The summed E-state index contributed by atoms with van der Waals surface area (Å²) in [7, 11) is 0. The molecule has 2 aliphatic rings. The van der Waals surface area contributed by atoms with E-state index in [1.807, 2.05) is 48.2 Å². The molecule has 124 valence electrons. The number of carbonyl (C=O) groups is 1. The fourth-order valence-electron chi connectivity index (χ4n) is 3.06. The average molecular weight is 324 g/mol. The maximum absolute atomic E-state index is 12.6. The van der Waals surface area contributed by atoms with Gasteiger partial charge >= 0.3 is 0 Å². The summed E-state index contributed by atoms with van der Waals surface area (Å²) in [6.45, 7) is 4.94. The van der Waals surface area contributed by atoms with Crippen LogP contribution in [0.5, 0.6) is 5.75 Å². The Morgan fingerprint density at radius 2 is 1.92 bits per heavy atom. The van der Waals surface area contributed by atoms with Gasteiger partial charge in [0.25, 0.3) is 5.91 Å². The third kappa shape index (κ3) is 2.80. The number of nitrogens with one attached hydrogen (secondary N) is 1. The summed E-state index contributed by atoms with van der Waals surface area (Å²) < 4.78 is 5.89. The SMILES string of the molecule is Cc1ccc(C(=O)N2CCN(C3Nc4ncccc4O3)CC2)cc1. The standard InChI is InChI=1S/C18H20N4O2/c1-13-4-6-14(7-5-13)17(23)21-9-11-22(12-10-21)18-20-16-15(24-18)3-2-8-19-16/h2-8,18H,9-12H2,1H3,(H,19,20). The molecule has 1 aromatic heterocycles. The van der Waals surface area contributed by atoms with Crippen molar-refractivity contribution in [3.05, 3.63) is 53.7 Å². The first-order valence-corrected chi connectivity index (χ1v) is 8.19. The molecular formula is C18H20N4O2. The van der Waals surface area contributed by atoms with Crippen LogP contribution in [-0.2, 0) is 0 Å². The summed E-state index contributed by atoms with van der Waals surface area (Å²) in [6.07, 6.45) is 1.54. The number of benzene rings is 1. The van der Waals surface area contributed by atoms with Crippen LogP contribution in [0.3, 0.4) is 0 Å². The largest absolute Gasteiger partial charge is 0.453 e. The summed E-state index contributed by atoms with van der Waals surface area (Å²) in [6, 6.07) is 11.5. The maximum Gasteiger partial charge on any atom is 0.253 e. The summed E-state index contributed by atoms with van der Waals surface area (Å²) in [5, 5.41) is 3.28. The molecule has 2 aromatic rings. The molecule has 24 heavy (non-hydrogen) atoms. The van der Waals surface area contributed by atoms with Crippen molar-refractivity contribution in [2.45, 2.75) is 13.3 Å². The predicted molar refractivity (Wildman–Crippen MR) is 90.9 cm³/mol. The molecule has 1 saturated heterocycles. The van der Waals surface area contributed by atoms with Crippen LogP contribution in [0, 0.1) is 6.92 Å². The number of carbonyl (C=O) groups excluding carboxylic acids is 1. The molecule has 6 nitrogen and oxygen atoms in total. The number of amides is 1. The van der Waals surface area contributed by atoms with E-state index in [1.165, 1.54) is 0 Å². The third-order valence-corrected chi connectivity index (χ3v) is 4.50. The molecule has 1 amide bonds. The molecule has 1 aromatic carbocycles. The van der Waals surface area contributed by atoms with Crippen LogP contribution in [0.15, 0.2) is 42.6 Å². The lowest BCUT2D eigenvalue weighted by Gasteiger charge is -2.37. The van der Waals surface area contributed by atoms with Gasteiger partial charge in [0.15, 0.2) is 11.6 Å². The number of pyridine rings is 1. The van der Waals surface area contributed by atoms with E-state index < -0.39 is 0 Å². The van der Waals surface area contributed by atoms with Gasteiger partial charge < -0.3 is 15.0 Å². The Bertz CT molecular complexity index is 714. The highest BCUT2D eigenvalue weighted by molar-refractivity contribution is 5.94. The van der Waals surface area contributed by atoms with Gasteiger partial charge in [-0.25, -0.2) is 9.88 Å².